The molecule has 2 heteroatoms. The van der Waals surface area contributed by atoms with Crippen molar-refractivity contribution >= 4 is 32.6 Å². The van der Waals surface area contributed by atoms with Gasteiger partial charge in [0.05, 0.1) is 0 Å². The molecule has 1 aliphatic rings. The van der Waals surface area contributed by atoms with Crippen LogP contribution in [0.15, 0.2) is 0 Å². The molecule has 1 rings (SSSR count). The Labute approximate surface area is 70.6 Å². The van der Waals surface area contributed by atoms with Gasteiger partial charge < -0.3 is 0 Å². The molecule has 0 spiro atoms. The Balaban J connectivity index is 0.000000490. The molecule has 1 saturated carbocycles. The molecule has 0 bridgehead atoms. The fraction of sp³-hybridized carbons (Fsp3) is 1.00. The minimum absolute atomic E-state index is 0. The fourth-order valence-corrected chi connectivity index (χ4v) is 2.20. The third kappa shape index (κ3) is 2.63. The van der Waals surface area contributed by atoms with E-state index < -0.39 is 0 Å². The zero-order valence-corrected chi connectivity index (χ0v) is 8.64. The first kappa shape index (κ1) is 9.16. The van der Waals surface area contributed by atoms with Crippen LogP contribution in [0.4, 0.5) is 0 Å². The lowest BCUT2D eigenvalue weighted by atomic mass is 10.4. The van der Waals surface area contributed by atoms with E-state index in [0.29, 0.717) is 0 Å². The first-order valence-corrected chi connectivity index (χ1v) is 4.68. The summed E-state index contributed by atoms with van der Waals surface area (Å²) < 4.78 is 0. The monoisotopic (exact) mass is 244 g/mol. The van der Waals surface area contributed by atoms with Crippen LogP contribution in [0.2, 0.25) is 0 Å². The highest BCUT2D eigenvalue weighted by Crippen LogP contribution is 2.31. The maximum atomic E-state index is 2.33. The summed E-state index contributed by atoms with van der Waals surface area (Å²) in [7, 11) is 1.21. The quantitative estimate of drug-likeness (QED) is 0.491. The van der Waals surface area contributed by atoms with Crippen LogP contribution in [0.3, 0.4) is 0 Å². The summed E-state index contributed by atoms with van der Waals surface area (Å²) in [5, 5.41) is 0. The zero-order valence-electron chi connectivity index (χ0n) is 5.31. The van der Waals surface area contributed by atoms with Crippen LogP contribution in [0.1, 0.15) is 25.7 Å². The molecule has 1 unspecified atom stereocenters. The first-order chi connectivity index (χ1) is 3.43. The van der Waals surface area contributed by atoms with Crippen LogP contribution in [0, 0.1) is 0 Å². The molecule has 0 amide bonds. The molecule has 0 nitrogen and oxygen atoms in total. The van der Waals surface area contributed by atoms with Crippen molar-refractivity contribution in [1.29, 1.82) is 0 Å². The average Bonchev–Trinajstić information content (AvgIpc) is 2.14. The van der Waals surface area contributed by atoms with Gasteiger partial charge in [-0.05, 0) is 25.2 Å². The highest BCUT2D eigenvalue weighted by Gasteiger charge is 2.11. The lowest BCUT2D eigenvalue weighted by Gasteiger charge is -2.00. The molecule has 0 aliphatic heterocycles. The van der Waals surface area contributed by atoms with Crippen molar-refractivity contribution < 1.29 is 0 Å². The summed E-state index contributed by atoms with van der Waals surface area (Å²) in [6.07, 6.45) is 6.06. The van der Waals surface area contributed by atoms with Gasteiger partial charge in [0.15, 0.2) is 0 Å². The lowest BCUT2D eigenvalue weighted by molar-refractivity contribution is 0.886. The van der Waals surface area contributed by atoms with E-state index in [-0.39, 0.29) is 24.0 Å². The first-order valence-electron chi connectivity index (χ1n) is 3.11. The molecule has 1 fully saturated rings. The number of rotatable bonds is 1. The van der Waals surface area contributed by atoms with Gasteiger partial charge in [-0.3, -0.25) is 0 Å². The maximum Gasteiger partial charge on any atom is -0.0239 e. The highest BCUT2D eigenvalue weighted by molar-refractivity contribution is 14.0. The van der Waals surface area contributed by atoms with E-state index in [4.69, 9.17) is 0 Å². The van der Waals surface area contributed by atoms with Gasteiger partial charge in [0, 0.05) is 0 Å². The van der Waals surface area contributed by atoms with Gasteiger partial charge in [0.1, 0.15) is 0 Å². The second kappa shape index (κ2) is 4.99. The summed E-state index contributed by atoms with van der Waals surface area (Å²) in [4.78, 5) is 0. The summed E-state index contributed by atoms with van der Waals surface area (Å²) in [5.74, 6) is 0. The Bertz CT molecular complexity index is 50.5. The molecule has 1 aliphatic carbocycles. The molecule has 8 heavy (non-hydrogen) atoms. The van der Waals surface area contributed by atoms with Crippen molar-refractivity contribution in [3.63, 3.8) is 0 Å². The molecule has 50 valence electrons. The molecule has 0 heterocycles. The van der Waals surface area contributed by atoms with Crippen molar-refractivity contribution in [1.82, 2.24) is 0 Å². The van der Waals surface area contributed by atoms with E-state index >= 15 is 0 Å². The summed E-state index contributed by atoms with van der Waals surface area (Å²) in [5.41, 5.74) is 1.12. The van der Waals surface area contributed by atoms with E-state index in [1.54, 1.807) is 0 Å². The molecule has 0 aromatic carbocycles. The average molecular weight is 244 g/mol. The van der Waals surface area contributed by atoms with Gasteiger partial charge >= 0.3 is 0 Å². The van der Waals surface area contributed by atoms with Crippen LogP contribution in [-0.2, 0) is 0 Å². The third-order valence-corrected chi connectivity index (χ3v) is 3.16. The van der Waals surface area contributed by atoms with Crippen LogP contribution in [0.5, 0.6) is 0 Å². The van der Waals surface area contributed by atoms with Gasteiger partial charge in [-0.25, -0.2) is 0 Å². The smallest absolute Gasteiger partial charge is 0.0239 e. The number of hydrogen-bond donors (Lipinski definition) is 0. The molecule has 0 saturated heterocycles. The zero-order chi connectivity index (χ0) is 5.11. The van der Waals surface area contributed by atoms with Gasteiger partial charge in [0.25, 0.3) is 0 Å². The fourth-order valence-electron chi connectivity index (χ4n) is 1.21. The van der Waals surface area contributed by atoms with Crippen molar-refractivity contribution in [3.8, 4) is 0 Å². The van der Waals surface area contributed by atoms with Crippen LogP contribution in [0.25, 0.3) is 0 Å². The molecular weight excluding hydrogens is 230 g/mol. The van der Waals surface area contributed by atoms with Crippen LogP contribution < -0.4 is 0 Å². The SMILES string of the molecule is CPC1CCCC1.I. The number of halogens is 1. The Morgan fingerprint density at radius 1 is 1.25 bits per heavy atom. The molecular formula is C6H14IP. The molecule has 1 atom stereocenters. The largest absolute Gasteiger partial charge is 0.122 e. The third-order valence-electron chi connectivity index (χ3n) is 1.76. The summed E-state index contributed by atoms with van der Waals surface area (Å²) >= 11 is 0. The second-order valence-electron chi connectivity index (χ2n) is 2.27. The van der Waals surface area contributed by atoms with Gasteiger partial charge in [-0.1, -0.05) is 12.8 Å². The van der Waals surface area contributed by atoms with E-state index in [0.717, 1.165) is 5.66 Å². The Morgan fingerprint density at radius 3 is 2.00 bits per heavy atom. The minimum atomic E-state index is 0. The normalized spacial score (nSPS) is 22.1. The molecule has 0 aromatic rings. The van der Waals surface area contributed by atoms with Crippen LogP contribution >= 0.6 is 32.6 Å². The number of hydrogen-bond acceptors (Lipinski definition) is 0. The predicted molar refractivity (Wildman–Crippen MR) is 51.9 cm³/mol. The van der Waals surface area contributed by atoms with Crippen molar-refractivity contribution in [3.05, 3.63) is 0 Å². The second-order valence-corrected chi connectivity index (χ2v) is 3.66. The standard InChI is InChI=1S/C6H13P.HI/c1-7-6-4-2-3-5-6;/h6-7H,2-5H2,1H3;1H. The van der Waals surface area contributed by atoms with E-state index in [1.807, 2.05) is 0 Å². The molecule has 0 aromatic heterocycles. The molecule has 0 radical (unpaired) electrons. The highest BCUT2D eigenvalue weighted by atomic mass is 127. The van der Waals surface area contributed by atoms with Gasteiger partial charge in [0.2, 0.25) is 0 Å². The Morgan fingerprint density at radius 2 is 1.75 bits per heavy atom. The maximum absolute atomic E-state index is 2.33. The van der Waals surface area contributed by atoms with Gasteiger partial charge in [-0.15, -0.1) is 32.6 Å². The van der Waals surface area contributed by atoms with Crippen molar-refractivity contribution in [2.24, 2.45) is 0 Å². The topological polar surface area (TPSA) is 0 Å². The Hall–Kier alpha value is 1.16. The Kier molecular flexibility index (Phi) is 5.71. The van der Waals surface area contributed by atoms with Gasteiger partial charge in [-0.2, -0.15) is 0 Å². The van der Waals surface area contributed by atoms with Crippen LogP contribution in [-0.4, -0.2) is 12.3 Å². The van der Waals surface area contributed by atoms with E-state index in [2.05, 4.69) is 6.66 Å². The van der Waals surface area contributed by atoms with Crippen molar-refractivity contribution in [2.45, 2.75) is 31.3 Å². The van der Waals surface area contributed by atoms with E-state index in [9.17, 15) is 0 Å². The minimum Gasteiger partial charge on any atom is -0.122 e. The van der Waals surface area contributed by atoms with E-state index in [1.165, 1.54) is 34.3 Å². The lowest BCUT2D eigenvalue weighted by Crippen LogP contribution is -1.87. The molecule has 0 N–H and O–H groups in total. The summed E-state index contributed by atoms with van der Waals surface area (Å²) in [6.45, 7) is 2.33. The predicted octanol–water partition coefficient (Wildman–Crippen LogP) is 2.86. The van der Waals surface area contributed by atoms with Crippen molar-refractivity contribution in [2.75, 3.05) is 6.66 Å². The summed E-state index contributed by atoms with van der Waals surface area (Å²) in [6, 6.07) is 0.